The second-order valence-electron chi connectivity index (χ2n) is 4.33. The summed E-state index contributed by atoms with van der Waals surface area (Å²) in [6.07, 6.45) is -4.59. The maximum atomic E-state index is 11.9. The molecule has 1 rings (SSSR count). The molecule has 0 heterocycles. The highest BCUT2D eigenvalue weighted by atomic mass is 35.5. The molecule has 1 aromatic carbocycles. The van der Waals surface area contributed by atoms with Gasteiger partial charge >= 0.3 is 12.2 Å². The van der Waals surface area contributed by atoms with E-state index in [1.807, 2.05) is 0 Å². The lowest BCUT2D eigenvalue weighted by Crippen LogP contribution is -2.44. The summed E-state index contributed by atoms with van der Waals surface area (Å²) >= 11 is 5.73. The van der Waals surface area contributed by atoms with Crippen molar-refractivity contribution in [1.82, 2.24) is 10.6 Å². The molecule has 23 heavy (non-hydrogen) atoms. The summed E-state index contributed by atoms with van der Waals surface area (Å²) in [6, 6.07) is 2.82. The van der Waals surface area contributed by atoms with Crippen molar-refractivity contribution in [3.8, 4) is 5.75 Å². The van der Waals surface area contributed by atoms with Crippen molar-refractivity contribution in [2.45, 2.75) is 13.1 Å². The quantitative estimate of drug-likeness (QED) is 0.796. The van der Waals surface area contributed by atoms with E-state index < -0.39 is 31.3 Å². The molecule has 1 aromatic rings. The third kappa shape index (κ3) is 7.00. The fourth-order valence-electron chi connectivity index (χ4n) is 1.43. The molecule has 0 fully saturated rings. The Kier molecular flexibility index (Phi) is 6.38. The molecule has 126 valence electrons. The normalized spacial score (nSPS) is 10.8. The second-order valence-corrected chi connectivity index (χ2v) is 4.77. The second kappa shape index (κ2) is 7.82. The molecule has 3 amide bonds. The Morgan fingerprint density at radius 1 is 1.26 bits per heavy atom. The average molecular weight is 353 g/mol. The molecule has 0 radical (unpaired) electrons. The molecule has 0 aromatic heterocycles. The number of ether oxygens (including phenoxy) is 1. The number of nitrogens with one attached hydrogen (secondary N) is 2. The zero-order valence-corrected chi connectivity index (χ0v) is 12.5. The Morgan fingerprint density at radius 2 is 1.91 bits per heavy atom. The van der Waals surface area contributed by atoms with Crippen LogP contribution >= 0.6 is 11.6 Å². The minimum Gasteiger partial charge on any atom is -0.483 e. The summed E-state index contributed by atoms with van der Waals surface area (Å²) in [5.41, 5.74) is 0.131. The minimum atomic E-state index is -4.59. The molecular weight excluding hydrogens is 341 g/mol. The number of imide groups is 1. The lowest BCUT2D eigenvalue weighted by Gasteiger charge is -2.11. The van der Waals surface area contributed by atoms with Crippen LogP contribution in [0.4, 0.5) is 18.0 Å². The summed E-state index contributed by atoms with van der Waals surface area (Å²) in [5, 5.41) is 3.41. The first-order chi connectivity index (χ1) is 10.6. The maximum Gasteiger partial charge on any atom is 0.405 e. The summed E-state index contributed by atoms with van der Waals surface area (Å²) in [7, 11) is 0. The van der Waals surface area contributed by atoms with E-state index >= 15 is 0 Å². The number of hydrogen-bond donors (Lipinski definition) is 2. The zero-order valence-electron chi connectivity index (χ0n) is 11.8. The van der Waals surface area contributed by atoms with Crippen LogP contribution in [-0.2, 0) is 4.79 Å². The fraction of sp³-hybridized carbons (Fsp3) is 0.308. The number of halogens is 4. The summed E-state index contributed by atoms with van der Waals surface area (Å²) in [4.78, 5) is 33.9. The molecule has 0 unspecified atom stereocenters. The van der Waals surface area contributed by atoms with Gasteiger partial charge in [0, 0.05) is 5.02 Å². The number of carbonyl (C=O) groups excluding carboxylic acids is 3. The molecule has 6 nitrogen and oxygen atoms in total. The summed E-state index contributed by atoms with van der Waals surface area (Å²) < 4.78 is 40.7. The molecule has 0 aliphatic heterocycles. The van der Waals surface area contributed by atoms with Gasteiger partial charge in [-0.05, 0) is 25.1 Å². The van der Waals surface area contributed by atoms with Gasteiger partial charge in [0.15, 0.2) is 12.4 Å². The van der Waals surface area contributed by atoms with E-state index in [9.17, 15) is 27.6 Å². The number of hydrogen-bond acceptors (Lipinski definition) is 4. The maximum absolute atomic E-state index is 11.9. The van der Waals surface area contributed by atoms with Gasteiger partial charge < -0.3 is 10.1 Å². The molecule has 0 bridgehead atoms. The fourth-order valence-corrected chi connectivity index (χ4v) is 1.61. The first-order valence-corrected chi connectivity index (χ1v) is 6.54. The third-order valence-corrected chi connectivity index (χ3v) is 2.62. The smallest absolute Gasteiger partial charge is 0.405 e. The van der Waals surface area contributed by atoms with Crippen LogP contribution < -0.4 is 15.4 Å². The van der Waals surface area contributed by atoms with Gasteiger partial charge in [-0.15, -0.1) is 0 Å². The van der Waals surface area contributed by atoms with E-state index in [1.54, 1.807) is 5.32 Å². The molecule has 0 aliphatic carbocycles. The Morgan fingerprint density at radius 3 is 2.48 bits per heavy atom. The lowest BCUT2D eigenvalue weighted by atomic mass is 10.1. The number of amides is 3. The largest absolute Gasteiger partial charge is 0.483 e. The van der Waals surface area contributed by atoms with Gasteiger partial charge in [-0.1, -0.05) is 11.6 Å². The summed E-state index contributed by atoms with van der Waals surface area (Å²) in [5.74, 6) is -1.27. The predicted molar refractivity (Wildman–Crippen MR) is 74.5 cm³/mol. The van der Waals surface area contributed by atoms with Crippen molar-refractivity contribution in [2.24, 2.45) is 0 Å². The molecule has 0 spiro atoms. The van der Waals surface area contributed by atoms with E-state index in [1.165, 1.54) is 30.4 Å². The van der Waals surface area contributed by atoms with Crippen molar-refractivity contribution in [3.63, 3.8) is 0 Å². The molecule has 10 heteroatoms. The Labute approximate surface area is 133 Å². The molecule has 0 aliphatic rings. The molecule has 0 saturated carbocycles. The Bertz CT molecular complexity index is 620. The van der Waals surface area contributed by atoms with Crippen LogP contribution in [0, 0.1) is 0 Å². The standard InChI is InChI=1S/C13H12ClF3N2O4/c1-7(20)9-4-8(14)2-3-10(9)23-5-11(21)19-12(22)18-6-13(15,16)17/h2-4H,5-6H2,1H3,(H2,18,19,21,22). The van der Waals surface area contributed by atoms with Crippen LogP contribution in [0.1, 0.15) is 17.3 Å². The highest BCUT2D eigenvalue weighted by Crippen LogP contribution is 2.23. The monoisotopic (exact) mass is 352 g/mol. The van der Waals surface area contributed by atoms with Crippen LogP contribution in [0.25, 0.3) is 0 Å². The highest BCUT2D eigenvalue weighted by Gasteiger charge is 2.28. The first-order valence-electron chi connectivity index (χ1n) is 6.16. The molecule has 2 N–H and O–H groups in total. The SMILES string of the molecule is CC(=O)c1cc(Cl)ccc1OCC(=O)NC(=O)NCC(F)(F)F. The predicted octanol–water partition coefficient (Wildman–Crippen LogP) is 2.31. The van der Waals surface area contributed by atoms with Crippen LogP contribution in [0.2, 0.25) is 5.02 Å². The number of benzene rings is 1. The number of alkyl halides is 3. The van der Waals surface area contributed by atoms with Gasteiger partial charge in [0.25, 0.3) is 5.91 Å². The number of ketones is 1. The first kappa shape index (κ1) is 18.8. The van der Waals surface area contributed by atoms with Gasteiger partial charge in [-0.25, -0.2) is 4.79 Å². The number of rotatable bonds is 5. The van der Waals surface area contributed by atoms with E-state index in [0.29, 0.717) is 5.02 Å². The summed E-state index contributed by atoms with van der Waals surface area (Å²) in [6.45, 7) is -0.969. The van der Waals surface area contributed by atoms with Gasteiger partial charge in [-0.2, -0.15) is 13.2 Å². The van der Waals surface area contributed by atoms with Gasteiger partial charge in [0.2, 0.25) is 0 Å². The van der Waals surface area contributed by atoms with E-state index in [4.69, 9.17) is 16.3 Å². The van der Waals surface area contributed by atoms with Crippen LogP contribution in [0.15, 0.2) is 18.2 Å². The van der Waals surface area contributed by atoms with Gasteiger partial charge in [0.1, 0.15) is 12.3 Å². The molecular formula is C13H12ClF3N2O4. The Balaban J connectivity index is 2.54. The Hall–Kier alpha value is -2.29. The topological polar surface area (TPSA) is 84.5 Å². The van der Waals surface area contributed by atoms with Crippen molar-refractivity contribution in [2.75, 3.05) is 13.2 Å². The van der Waals surface area contributed by atoms with Crippen molar-refractivity contribution in [3.05, 3.63) is 28.8 Å². The van der Waals surface area contributed by atoms with Crippen LogP contribution in [-0.4, -0.2) is 37.0 Å². The van der Waals surface area contributed by atoms with E-state index in [0.717, 1.165) is 0 Å². The van der Waals surface area contributed by atoms with Crippen molar-refractivity contribution in [1.29, 1.82) is 0 Å². The number of Topliss-reactive ketones (excluding diaryl/α,β-unsaturated/α-hetero) is 1. The van der Waals surface area contributed by atoms with E-state index in [-0.39, 0.29) is 17.1 Å². The van der Waals surface area contributed by atoms with E-state index in [2.05, 4.69) is 0 Å². The zero-order chi connectivity index (χ0) is 17.6. The highest BCUT2D eigenvalue weighted by molar-refractivity contribution is 6.31. The van der Waals surface area contributed by atoms with Crippen LogP contribution in [0.3, 0.4) is 0 Å². The van der Waals surface area contributed by atoms with Crippen LogP contribution in [0.5, 0.6) is 5.75 Å². The number of urea groups is 1. The molecule has 0 atom stereocenters. The van der Waals surface area contributed by atoms with Crippen molar-refractivity contribution >= 4 is 29.3 Å². The average Bonchev–Trinajstić information content (AvgIpc) is 2.43. The minimum absolute atomic E-state index is 0.0627. The van der Waals surface area contributed by atoms with Crippen molar-refractivity contribution < 1.29 is 32.3 Å². The lowest BCUT2D eigenvalue weighted by molar-refractivity contribution is -0.125. The number of carbonyl (C=O) groups is 3. The van der Waals surface area contributed by atoms with Gasteiger partial charge in [0.05, 0.1) is 5.56 Å². The van der Waals surface area contributed by atoms with Gasteiger partial charge in [-0.3, -0.25) is 14.9 Å². The third-order valence-electron chi connectivity index (χ3n) is 2.38. The molecule has 0 saturated heterocycles.